The van der Waals surface area contributed by atoms with E-state index in [4.69, 9.17) is 51.1 Å². The highest BCUT2D eigenvalue weighted by Crippen LogP contribution is 2.33. The van der Waals surface area contributed by atoms with E-state index in [0.29, 0.717) is 38.1 Å². The van der Waals surface area contributed by atoms with E-state index in [2.05, 4.69) is 10.2 Å². The van der Waals surface area contributed by atoms with Crippen molar-refractivity contribution in [2.45, 2.75) is 37.4 Å². The molecule has 1 aromatic heterocycles. The van der Waals surface area contributed by atoms with Crippen LogP contribution in [-0.2, 0) is 12.3 Å². The molecule has 0 radical (unpaired) electrons. The Morgan fingerprint density at radius 3 is 2.46 bits per heavy atom. The molecule has 1 heterocycles. The Kier molecular flexibility index (Phi) is 7.40. The molecule has 0 saturated carbocycles. The molecule has 9 heteroatoms. The number of halogens is 4. The fourth-order valence-electron chi connectivity index (χ4n) is 2.59. The topological polar surface area (TPSA) is 39.9 Å². The van der Waals surface area contributed by atoms with Crippen LogP contribution >= 0.6 is 58.2 Å². The van der Waals surface area contributed by atoms with E-state index in [0.717, 1.165) is 16.5 Å². The number of aromatic nitrogens is 3. The molecule has 0 N–H and O–H groups in total. The summed E-state index contributed by atoms with van der Waals surface area (Å²) in [5.41, 5.74) is 1.06. The zero-order chi connectivity index (χ0) is 20.3. The molecule has 0 spiro atoms. The Hall–Kier alpha value is -1.11. The third kappa shape index (κ3) is 5.08. The first-order valence-corrected chi connectivity index (χ1v) is 11.0. The largest absolute Gasteiger partial charge is 0.481 e. The number of nitrogens with zero attached hydrogens (tertiary/aromatic N) is 3. The van der Waals surface area contributed by atoms with E-state index in [1.54, 1.807) is 36.0 Å². The maximum atomic E-state index is 6.20. The molecule has 0 fully saturated rings. The number of thioether (sulfide) groups is 1. The molecular weight excluding hydrogens is 460 g/mol. The third-order valence-corrected chi connectivity index (χ3v) is 6.30. The van der Waals surface area contributed by atoms with Gasteiger partial charge in [0.15, 0.2) is 17.1 Å². The Bertz CT molecular complexity index is 980. The van der Waals surface area contributed by atoms with Gasteiger partial charge in [0.25, 0.3) is 0 Å². The van der Waals surface area contributed by atoms with E-state index in [1.165, 1.54) is 0 Å². The third-order valence-electron chi connectivity index (χ3n) is 3.97. The molecule has 28 heavy (non-hydrogen) atoms. The molecule has 1 atom stereocenters. The van der Waals surface area contributed by atoms with Crippen LogP contribution in [0.25, 0.3) is 0 Å². The van der Waals surface area contributed by atoms with Gasteiger partial charge < -0.3 is 9.30 Å². The Labute approximate surface area is 188 Å². The van der Waals surface area contributed by atoms with Crippen LogP contribution in [0.5, 0.6) is 5.75 Å². The Morgan fingerprint density at radius 2 is 1.75 bits per heavy atom. The van der Waals surface area contributed by atoms with Crippen molar-refractivity contribution in [2.24, 2.45) is 0 Å². The maximum absolute atomic E-state index is 6.20. The number of ether oxygens (including phenoxy) is 1. The molecule has 4 nitrogen and oxygen atoms in total. The van der Waals surface area contributed by atoms with E-state index >= 15 is 0 Å². The van der Waals surface area contributed by atoms with Gasteiger partial charge in [0, 0.05) is 23.4 Å². The summed E-state index contributed by atoms with van der Waals surface area (Å²) in [6, 6.07) is 10.7. The van der Waals surface area contributed by atoms with Crippen LogP contribution in [0.4, 0.5) is 0 Å². The lowest BCUT2D eigenvalue weighted by Crippen LogP contribution is -2.12. The molecule has 0 saturated heterocycles. The quantitative estimate of drug-likeness (QED) is 0.334. The monoisotopic (exact) mass is 475 g/mol. The molecule has 0 aliphatic rings. The van der Waals surface area contributed by atoms with Crippen LogP contribution in [0.1, 0.15) is 31.3 Å². The van der Waals surface area contributed by atoms with Gasteiger partial charge in [0.05, 0.1) is 15.1 Å². The van der Waals surface area contributed by atoms with Gasteiger partial charge in [-0.15, -0.1) is 10.2 Å². The summed E-state index contributed by atoms with van der Waals surface area (Å²) in [7, 11) is 0. The summed E-state index contributed by atoms with van der Waals surface area (Å²) in [6.07, 6.45) is -0.345. The molecule has 2 aromatic carbocycles. The summed E-state index contributed by atoms with van der Waals surface area (Å²) in [5.74, 6) is 1.93. The van der Waals surface area contributed by atoms with Crippen molar-refractivity contribution in [3.05, 3.63) is 67.9 Å². The summed E-state index contributed by atoms with van der Waals surface area (Å²) >= 11 is 25.9. The minimum absolute atomic E-state index is 0.345. The van der Waals surface area contributed by atoms with Crippen LogP contribution in [0, 0.1) is 0 Å². The Balaban J connectivity index is 1.75. The highest BCUT2D eigenvalue weighted by atomic mass is 35.5. The maximum Gasteiger partial charge on any atom is 0.191 e. The lowest BCUT2D eigenvalue weighted by molar-refractivity contribution is 0.210. The molecule has 0 bridgehead atoms. The highest BCUT2D eigenvalue weighted by molar-refractivity contribution is 7.98. The standard InChI is InChI=1S/C19H17Cl4N3OS/c1-3-26-18(11(2)27-17-9-13(20)5-7-15(17)22)24-25-19(26)28-10-12-4-6-14(21)16(23)8-12/h4-9,11H,3,10H2,1-2H3. The summed E-state index contributed by atoms with van der Waals surface area (Å²) in [6.45, 7) is 4.65. The van der Waals surface area contributed by atoms with Crippen molar-refractivity contribution in [3.63, 3.8) is 0 Å². The number of rotatable bonds is 7. The molecule has 0 aliphatic heterocycles. The number of hydrogen-bond acceptors (Lipinski definition) is 4. The van der Waals surface area contributed by atoms with E-state index in [-0.39, 0.29) is 6.10 Å². The molecule has 0 amide bonds. The van der Waals surface area contributed by atoms with Crippen molar-refractivity contribution in [1.82, 2.24) is 14.8 Å². The first-order valence-electron chi connectivity index (χ1n) is 8.50. The van der Waals surface area contributed by atoms with Crippen LogP contribution in [0.15, 0.2) is 41.6 Å². The van der Waals surface area contributed by atoms with Crippen molar-refractivity contribution < 1.29 is 4.74 Å². The smallest absolute Gasteiger partial charge is 0.191 e. The van der Waals surface area contributed by atoms with Gasteiger partial charge in [0.1, 0.15) is 5.75 Å². The minimum Gasteiger partial charge on any atom is -0.481 e. The van der Waals surface area contributed by atoms with Crippen molar-refractivity contribution in [1.29, 1.82) is 0 Å². The van der Waals surface area contributed by atoms with Gasteiger partial charge in [-0.2, -0.15) is 0 Å². The fourth-order valence-corrected chi connectivity index (χ4v) is 4.19. The SMILES string of the molecule is CCn1c(SCc2ccc(Cl)c(Cl)c2)nnc1C(C)Oc1cc(Cl)ccc1Cl. The summed E-state index contributed by atoms with van der Waals surface area (Å²) in [4.78, 5) is 0. The number of benzene rings is 2. The zero-order valence-electron chi connectivity index (χ0n) is 15.1. The normalized spacial score (nSPS) is 12.2. The van der Waals surface area contributed by atoms with E-state index in [9.17, 15) is 0 Å². The average Bonchev–Trinajstić information content (AvgIpc) is 3.08. The van der Waals surface area contributed by atoms with Gasteiger partial charge in [-0.05, 0) is 43.7 Å². The zero-order valence-corrected chi connectivity index (χ0v) is 19.0. The average molecular weight is 477 g/mol. The molecule has 1 unspecified atom stereocenters. The van der Waals surface area contributed by atoms with Gasteiger partial charge in [-0.3, -0.25) is 0 Å². The van der Waals surface area contributed by atoms with Crippen LogP contribution in [0.2, 0.25) is 20.1 Å². The summed E-state index contributed by atoms with van der Waals surface area (Å²) in [5, 5.41) is 11.6. The van der Waals surface area contributed by atoms with Crippen LogP contribution in [0.3, 0.4) is 0 Å². The van der Waals surface area contributed by atoms with Gasteiger partial charge in [0.2, 0.25) is 0 Å². The lowest BCUT2D eigenvalue weighted by atomic mass is 10.2. The lowest BCUT2D eigenvalue weighted by Gasteiger charge is -2.16. The van der Waals surface area contributed by atoms with E-state index < -0.39 is 0 Å². The molecule has 148 valence electrons. The second kappa shape index (κ2) is 9.59. The number of hydrogen-bond donors (Lipinski definition) is 0. The van der Waals surface area contributed by atoms with Gasteiger partial charge in [-0.1, -0.05) is 64.2 Å². The second-order valence-corrected chi connectivity index (χ2v) is 8.56. The predicted octanol–water partition coefficient (Wildman–Crippen LogP) is 7.34. The molecule has 3 aromatic rings. The first-order chi connectivity index (χ1) is 13.4. The van der Waals surface area contributed by atoms with E-state index in [1.807, 2.05) is 30.5 Å². The molecular formula is C19H17Cl4N3OS. The van der Waals surface area contributed by atoms with Gasteiger partial charge in [-0.25, -0.2) is 0 Å². The van der Waals surface area contributed by atoms with Crippen molar-refractivity contribution in [3.8, 4) is 5.75 Å². The van der Waals surface area contributed by atoms with Crippen molar-refractivity contribution in [2.75, 3.05) is 0 Å². The predicted molar refractivity (Wildman–Crippen MR) is 117 cm³/mol. The Morgan fingerprint density at radius 1 is 1.00 bits per heavy atom. The summed E-state index contributed by atoms with van der Waals surface area (Å²) < 4.78 is 8.00. The second-order valence-electron chi connectivity index (χ2n) is 5.96. The van der Waals surface area contributed by atoms with Crippen LogP contribution < -0.4 is 4.74 Å². The minimum atomic E-state index is -0.345. The molecule has 0 aliphatic carbocycles. The van der Waals surface area contributed by atoms with Gasteiger partial charge >= 0.3 is 0 Å². The fraction of sp³-hybridized carbons (Fsp3) is 0.263. The molecule has 3 rings (SSSR count). The first kappa shape index (κ1) is 21.6. The van der Waals surface area contributed by atoms with Crippen molar-refractivity contribution >= 4 is 58.2 Å². The van der Waals surface area contributed by atoms with Crippen LogP contribution in [-0.4, -0.2) is 14.8 Å². The highest BCUT2D eigenvalue weighted by Gasteiger charge is 2.20.